The Morgan fingerprint density at radius 1 is 1.47 bits per heavy atom. The molecule has 0 bridgehead atoms. The second-order valence-corrected chi connectivity index (χ2v) is 4.50. The fourth-order valence-electron chi connectivity index (χ4n) is 1.16. The molecule has 0 aromatic heterocycles. The molecule has 0 aromatic rings. The molecular weight excluding hydrogens is 192 g/mol. The van der Waals surface area contributed by atoms with Crippen molar-refractivity contribution in [2.45, 2.75) is 39.2 Å². The van der Waals surface area contributed by atoms with E-state index in [9.17, 15) is 4.79 Å². The van der Waals surface area contributed by atoms with Gasteiger partial charge in [-0.15, -0.1) is 0 Å². The fourth-order valence-corrected chi connectivity index (χ4v) is 1.16. The first-order valence-electron chi connectivity index (χ1n) is 5.80. The average Bonchev–Trinajstić information content (AvgIpc) is 2.94. The third-order valence-electron chi connectivity index (χ3n) is 2.11. The zero-order valence-corrected chi connectivity index (χ0v) is 9.71. The molecular formula is C11H22N2O2. The van der Waals surface area contributed by atoms with Crippen LogP contribution in [0.5, 0.6) is 0 Å². The van der Waals surface area contributed by atoms with Gasteiger partial charge < -0.3 is 15.4 Å². The largest absolute Gasteiger partial charge is 0.381 e. The van der Waals surface area contributed by atoms with Gasteiger partial charge in [-0.1, -0.05) is 13.8 Å². The van der Waals surface area contributed by atoms with Crippen LogP contribution in [0.25, 0.3) is 0 Å². The van der Waals surface area contributed by atoms with Crippen molar-refractivity contribution in [3.05, 3.63) is 0 Å². The lowest BCUT2D eigenvalue weighted by Gasteiger charge is -2.08. The monoisotopic (exact) mass is 214 g/mol. The first-order chi connectivity index (χ1) is 7.18. The van der Waals surface area contributed by atoms with Crippen LogP contribution >= 0.6 is 0 Å². The molecule has 15 heavy (non-hydrogen) atoms. The van der Waals surface area contributed by atoms with E-state index in [2.05, 4.69) is 24.5 Å². The summed E-state index contributed by atoms with van der Waals surface area (Å²) in [7, 11) is 0. The summed E-state index contributed by atoms with van der Waals surface area (Å²) in [6.07, 6.45) is 3.14. The number of carbonyl (C=O) groups is 1. The van der Waals surface area contributed by atoms with Crippen molar-refractivity contribution in [1.29, 1.82) is 0 Å². The highest BCUT2D eigenvalue weighted by Crippen LogP contribution is 2.18. The van der Waals surface area contributed by atoms with Crippen LogP contribution in [0.2, 0.25) is 0 Å². The lowest BCUT2D eigenvalue weighted by Crippen LogP contribution is -2.37. The molecule has 2 amide bonds. The van der Waals surface area contributed by atoms with Crippen molar-refractivity contribution in [1.82, 2.24) is 10.6 Å². The lowest BCUT2D eigenvalue weighted by atomic mass is 10.2. The maximum absolute atomic E-state index is 11.2. The molecule has 0 heterocycles. The predicted molar refractivity (Wildman–Crippen MR) is 59.8 cm³/mol. The van der Waals surface area contributed by atoms with E-state index in [1.54, 1.807) is 0 Å². The summed E-state index contributed by atoms with van der Waals surface area (Å²) in [5, 5.41) is 5.68. The number of carbonyl (C=O) groups excluding carboxylic acids is 1. The number of ether oxygens (including phenoxy) is 1. The van der Waals surface area contributed by atoms with Crippen molar-refractivity contribution in [2.24, 2.45) is 5.92 Å². The molecule has 0 aliphatic heterocycles. The van der Waals surface area contributed by atoms with Crippen molar-refractivity contribution in [3.8, 4) is 0 Å². The number of amides is 2. The van der Waals surface area contributed by atoms with Crippen LogP contribution in [0.4, 0.5) is 4.79 Å². The smallest absolute Gasteiger partial charge is 0.315 e. The van der Waals surface area contributed by atoms with E-state index in [1.807, 2.05) is 0 Å². The van der Waals surface area contributed by atoms with E-state index >= 15 is 0 Å². The standard InChI is InChI=1S/C11H22N2O2/c1-9(2)8-15-7-3-6-12-11(14)13-10-4-5-10/h9-10H,3-8H2,1-2H3,(H2,12,13,14). The number of urea groups is 1. The van der Waals surface area contributed by atoms with Gasteiger partial charge in [0.25, 0.3) is 0 Å². The summed E-state index contributed by atoms with van der Waals surface area (Å²) in [4.78, 5) is 11.2. The van der Waals surface area contributed by atoms with Gasteiger partial charge in [0.2, 0.25) is 0 Å². The topological polar surface area (TPSA) is 50.4 Å². The van der Waals surface area contributed by atoms with Gasteiger partial charge in [0.05, 0.1) is 0 Å². The van der Waals surface area contributed by atoms with Gasteiger partial charge in [0.15, 0.2) is 0 Å². The molecule has 4 nitrogen and oxygen atoms in total. The Morgan fingerprint density at radius 2 is 2.20 bits per heavy atom. The second kappa shape index (κ2) is 6.67. The van der Waals surface area contributed by atoms with Gasteiger partial charge in [-0.05, 0) is 25.2 Å². The van der Waals surface area contributed by atoms with Crippen LogP contribution in [0.1, 0.15) is 33.1 Å². The Bertz CT molecular complexity index is 191. The van der Waals surface area contributed by atoms with E-state index in [0.717, 1.165) is 32.5 Å². The highest BCUT2D eigenvalue weighted by Gasteiger charge is 2.22. The first-order valence-corrected chi connectivity index (χ1v) is 5.80. The molecule has 0 unspecified atom stereocenters. The molecule has 0 aromatic carbocycles. The van der Waals surface area contributed by atoms with E-state index in [-0.39, 0.29) is 6.03 Å². The van der Waals surface area contributed by atoms with Crippen LogP contribution in [0.3, 0.4) is 0 Å². The molecule has 4 heteroatoms. The Morgan fingerprint density at radius 3 is 2.80 bits per heavy atom. The zero-order chi connectivity index (χ0) is 11.1. The molecule has 1 saturated carbocycles. The SMILES string of the molecule is CC(C)COCCCNC(=O)NC1CC1. The summed E-state index contributed by atoms with van der Waals surface area (Å²) in [5.74, 6) is 0.580. The number of hydrogen-bond donors (Lipinski definition) is 2. The molecule has 0 atom stereocenters. The summed E-state index contributed by atoms with van der Waals surface area (Å²) < 4.78 is 5.40. The van der Waals surface area contributed by atoms with E-state index < -0.39 is 0 Å². The molecule has 1 aliphatic carbocycles. The third kappa shape index (κ3) is 7.19. The van der Waals surface area contributed by atoms with E-state index in [1.165, 1.54) is 0 Å². The lowest BCUT2D eigenvalue weighted by molar-refractivity contribution is 0.108. The molecule has 2 N–H and O–H groups in total. The minimum Gasteiger partial charge on any atom is -0.381 e. The maximum Gasteiger partial charge on any atom is 0.315 e. The van der Waals surface area contributed by atoms with Crippen LogP contribution in [0.15, 0.2) is 0 Å². The van der Waals surface area contributed by atoms with Crippen molar-refractivity contribution < 1.29 is 9.53 Å². The molecule has 0 radical (unpaired) electrons. The highest BCUT2D eigenvalue weighted by atomic mass is 16.5. The van der Waals surface area contributed by atoms with Gasteiger partial charge in [-0.2, -0.15) is 0 Å². The summed E-state index contributed by atoms with van der Waals surface area (Å²) >= 11 is 0. The maximum atomic E-state index is 11.2. The Balaban J connectivity index is 1.81. The number of rotatable bonds is 7. The van der Waals surface area contributed by atoms with Crippen molar-refractivity contribution >= 4 is 6.03 Å². The molecule has 1 fully saturated rings. The normalized spacial score (nSPS) is 15.4. The Kier molecular flexibility index (Phi) is 5.47. The summed E-state index contributed by atoms with van der Waals surface area (Å²) in [6, 6.07) is 0.392. The highest BCUT2D eigenvalue weighted by molar-refractivity contribution is 5.74. The van der Waals surface area contributed by atoms with Gasteiger partial charge in [-0.25, -0.2) is 4.79 Å². The van der Waals surface area contributed by atoms with Crippen molar-refractivity contribution in [2.75, 3.05) is 19.8 Å². The Labute approximate surface area is 91.8 Å². The van der Waals surface area contributed by atoms with Crippen LogP contribution < -0.4 is 10.6 Å². The van der Waals surface area contributed by atoms with Gasteiger partial charge in [-0.3, -0.25) is 0 Å². The van der Waals surface area contributed by atoms with Gasteiger partial charge in [0, 0.05) is 25.8 Å². The summed E-state index contributed by atoms with van der Waals surface area (Å²) in [5.41, 5.74) is 0. The number of hydrogen-bond acceptors (Lipinski definition) is 2. The van der Waals surface area contributed by atoms with Crippen molar-refractivity contribution in [3.63, 3.8) is 0 Å². The van der Waals surface area contributed by atoms with E-state index in [0.29, 0.717) is 18.5 Å². The second-order valence-electron chi connectivity index (χ2n) is 4.50. The zero-order valence-electron chi connectivity index (χ0n) is 9.71. The predicted octanol–water partition coefficient (Wildman–Crippen LogP) is 1.51. The third-order valence-corrected chi connectivity index (χ3v) is 2.11. The molecule has 0 spiro atoms. The Hall–Kier alpha value is -0.770. The molecule has 88 valence electrons. The van der Waals surface area contributed by atoms with Crippen LogP contribution in [0, 0.1) is 5.92 Å². The van der Waals surface area contributed by atoms with E-state index in [4.69, 9.17) is 4.74 Å². The molecule has 1 rings (SSSR count). The quantitative estimate of drug-likeness (QED) is 0.631. The minimum absolute atomic E-state index is 0.0404. The number of nitrogens with one attached hydrogen (secondary N) is 2. The van der Waals surface area contributed by atoms with Crippen LogP contribution in [-0.2, 0) is 4.74 Å². The van der Waals surface area contributed by atoms with Gasteiger partial charge in [0.1, 0.15) is 0 Å². The van der Waals surface area contributed by atoms with Crippen LogP contribution in [-0.4, -0.2) is 31.8 Å². The molecule has 1 aliphatic rings. The van der Waals surface area contributed by atoms with Gasteiger partial charge >= 0.3 is 6.03 Å². The average molecular weight is 214 g/mol. The fraction of sp³-hybridized carbons (Fsp3) is 0.909. The minimum atomic E-state index is -0.0404. The molecule has 0 saturated heterocycles. The summed E-state index contributed by atoms with van der Waals surface area (Å²) in [6.45, 7) is 6.47. The first kappa shape index (κ1) is 12.3.